The Labute approximate surface area is 165 Å². The number of hydrogen-bond donors (Lipinski definition) is 1. The average molecular weight is 384 g/mol. The van der Waals surface area contributed by atoms with Gasteiger partial charge in [-0.15, -0.1) is 0 Å². The Bertz CT molecular complexity index is 751. The van der Waals surface area contributed by atoms with E-state index in [1.54, 1.807) is 13.3 Å². The van der Waals surface area contributed by atoms with E-state index in [0.29, 0.717) is 36.9 Å². The number of nitrogens with one attached hydrogen (secondary N) is 1. The van der Waals surface area contributed by atoms with Gasteiger partial charge in [0.25, 0.3) is 0 Å². The first-order chi connectivity index (χ1) is 13.6. The van der Waals surface area contributed by atoms with Crippen molar-refractivity contribution in [2.75, 3.05) is 20.3 Å². The highest BCUT2D eigenvalue weighted by Gasteiger charge is 2.51. The summed E-state index contributed by atoms with van der Waals surface area (Å²) in [6.07, 6.45) is 10.1. The van der Waals surface area contributed by atoms with Crippen LogP contribution in [0.2, 0.25) is 0 Å². The Morgan fingerprint density at radius 2 is 1.86 bits per heavy atom. The van der Waals surface area contributed by atoms with E-state index < -0.39 is 0 Å². The molecule has 0 aromatic heterocycles. The third-order valence-corrected chi connectivity index (χ3v) is 6.95. The van der Waals surface area contributed by atoms with E-state index in [1.165, 1.54) is 38.5 Å². The van der Waals surface area contributed by atoms with Crippen LogP contribution in [-0.2, 0) is 4.79 Å². The number of benzene rings is 1. The summed E-state index contributed by atoms with van der Waals surface area (Å²) in [7, 11) is 1.60. The maximum absolute atomic E-state index is 12.6. The molecule has 28 heavy (non-hydrogen) atoms. The van der Waals surface area contributed by atoms with Crippen molar-refractivity contribution in [1.29, 1.82) is 0 Å². The fourth-order valence-electron chi connectivity index (χ4n) is 6.43. The lowest BCUT2D eigenvalue weighted by Gasteiger charge is -2.56. The minimum Gasteiger partial charge on any atom is -0.493 e. The minimum atomic E-state index is 0.0303. The molecular formula is C22H28N2O4. The summed E-state index contributed by atoms with van der Waals surface area (Å²) in [4.78, 5) is 12.6. The van der Waals surface area contributed by atoms with E-state index in [4.69, 9.17) is 14.2 Å². The zero-order chi connectivity index (χ0) is 19.1. The van der Waals surface area contributed by atoms with Crippen molar-refractivity contribution < 1.29 is 19.0 Å². The first-order valence-corrected chi connectivity index (χ1v) is 10.4. The number of amides is 1. The van der Waals surface area contributed by atoms with Crippen molar-refractivity contribution in [3.8, 4) is 17.2 Å². The van der Waals surface area contributed by atoms with Gasteiger partial charge in [-0.1, -0.05) is 0 Å². The molecule has 1 aromatic rings. The molecule has 6 nitrogen and oxygen atoms in total. The predicted octanol–water partition coefficient (Wildman–Crippen LogP) is 3.52. The largest absolute Gasteiger partial charge is 0.493 e. The summed E-state index contributed by atoms with van der Waals surface area (Å²) in [5.74, 6) is 4.47. The Morgan fingerprint density at radius 1 is 1.18 bits per heavy atom. The van der Waals surface area contributed by atoms with Gasteiger partial charge in [0, 0.05) is 12.0 Å². The molecule has 150 valence electrons. The van der Waals surface area contributed by atoms with Crippen LogP contribution >= 0.6 is 0 Å². The number of rotatable bonds is 5. The van der Waals surface area contributed by atoms with Crippen LogP contribution in [0, 0.1) is 23.2 Å². The molecule has 6 heteroatoms. The lowest BCUT2D eigenvalue weighted by atomic mass is 9.49. The monoisotopic (exact) mass is 384 g/mol. The van der Waals surface area contributed by atoms with Crippen LogP contribution in [0.5, 0.6) is 17.2 Å². The van der Waals surface area contributed by atoms with Gasteiger partial charge in [0.1, 0.15) is 13.2 Å². The summed E-state index contributed by atoms with van der Waals surface area (Å²) in [6.45, 7) is 1.02. The summed E-state index contributed by atoms with van der Waals surface area (Å²) < 4.78 is 16.6. The number of methoxy groups -OCH3 is 1. The van der Waals surface area contributed by atoms with E-state index >= 15 is 0 Å². The Balaban J connectivity index is 1.23. The van der Waals surface area contributed by atoms with E-state index in [2.05, 4.69) is 10.5 Å². The van der Waals surface area contributed by atoms with Crippen molar-refractivity contribution in [2.24, 2.45) is 28.3 Å². The molecule has 1 aromatic carbocycles. The molecule has 4 fully saturated rings. The molecular weight excluding hydrogens is 356 g/mol. The average Bonchev–Trinajstić information content (AvgIpc) is 2.65. The van der Waals surface area contributed by atoms with Gasteiger partial charge in [-0.25, -0.2) is 5.43 Å². The van der Waals surface area contributed by atoms with Crippen molar-refractivity contribution in [3.63, 3.8) is 0 Å². The third-order valence-electron chi connectivity index (χ3n) is 6.95. The molecule has 0 saturated heterocycles. The number of carbonyl (C=O) groups is 1. The highest BCUT2D eigenvalue weighted by atomic mass is 16.6. The van der Waals surface area contributed by atoms with Crippen molar-refractivity contribution >= 4 is 12.1 Å². The van der Waals surface area contributed by atoms with Gasteiger partial charge in [0.05, 0.1) is 13.3 Å². The van der Waals surface area contributed by atoms with Crippen molar-refractivity contribution in [3.05, 3.63) is 17.7 Å². The maximum atomic E-state index is 12.6. The first kappa shape index (κ1) is 17.8. The van der Waals surface area contributed by atoms with Gasteiger partial charge in [0.15, 0.2) is 11.5 Å². The van der Waals surface area contributed by atoms with Crippen LogP contribution < -0.4 is 19.6 Å². The quantitative estimate of drug-likeness (QED) is 0.623. The Morgan fingerprint density at radius 3 is 2.54 bits per heavy atom. The Kier molecular flexibility index (Phi) is 4.44. The standard InChI is InChI=1S/C22H28N2O4/c1-26-18-7-17(8-19-21(18)28-3-2-27-19)13-23-24-20(25)12-22-9-14-4-15(10-22)6-16(5-14)11-22/h7-8,13-16H,2-6,9-12H2,1H3,(H,24,25)/b23-13-. The first-order valence-electron chi connectivity index (χ1n) is 10.4. The van der Waals surface area contributed by atoms with Gasteiger partial charge in [-0.05, 0) is 73.8 Å². The van der Waals surface area contributed by atoms with Crippen LogP contribution in [0.15, 0.2) is 17.2 Å². The summed E-state index contributed by atoms with van der Waals surface area (Å²) in [5, 5.41) is 4.19. The van der Waals surface area contributed by atoms with Crippen LogP contribution in [0.25, 0.3) is 0 Å². The third kappa shape index (κ3) is 3.33. The van der Waals surface area contributed by atoms with Crippen molar-refractivity contribution in [1.82, 2.24) is 5.43 Å². The zero-order valence-electron chi connectivity index (χ0n) is 16.4. The fraction of sp³-hybridized carbons (Fsp3) is 0.636. The van der Waals surface area contributed by atoms with Crippen molar-refractivity contribution in [2.45, 2.75) is 44.9 Å². The smallest absolute Gasteiger partial charge is 0.240 e. The van der Waals surface area contributed by atoms with E-state index in [-0.39, 0.29) is 11.3 Å². The number of carbonyl (C=O) groups excluding carboxylic acids is 1. The molecule has 0 radical (unpaired) electrons. The van der Waals surface area contributed by atoms with Gasteiger partial charge < -0.3 is 14.2 Å². The molecule has 0 spiro atoms. The normalized spacial score (nSPS) is 32.5. The molecule has 4 saturated carbocycles. The summed E-state index contributed by atoms with van der Waals surface area (Å²) in [6, 6.07) is 3.69. The number of fused-ring (bicyclic) bond motifs is 1. The SMILES string of the molecule is COc1cc(/C=N\NC(=O)CC23CC4CC(CC(C4)C2)C3)cc2c1OCCO2. The molecule has 0 atom stereocenters. The second-order valence-corrected chi connectivity index (χ2v) is 9.13. The molecule has 5 aliphatic rings. The molecule has 1 heterocycles. The zero-order valence-corrected chi connectivity index (χ0v) is 16.4. The predicted molar refractivity (Wildman–Crippen MR) is 105 cm³/mol. The second-order valence-electron chi connectivity index (χ2n) is 9.13. The number of hydrazone groups is 1. The fourth-order valence-corrected chi connectivity index (χ4v) is 6.43. The molecule has 1 N–H and O–H groups in total. The van der Waals surface area contributed by atoms with Gasteiger partial charge in [-0.3, -0.25) is 4.79 Å². The molecule has 6 rings (SSSR count). The van der Waals surface area contributed by atoms with Crippen LogP contribution in [0.3, 0.4) is 0 Å². The molecule has 1 amide bonds. The van der Waals surface area contributed by atoms with E-state index in [1.807, 2.05) is 12.1 Å². The van der Waals surface area contributed by atoms with Gasteiger partial charge in [0.2, 0.25) is 11.7 Å². The van der Waals surface area contributed by atoms with Crippen LogP contribution in [0.1, 0.15) is 50.5 Å². The van der Waals surface area contributed by atoms with Crippen LogP contribution in [0.4, 0.5) is 0 Å². The lowest BCUT2D eigenvalue weighted by molar-refractivity contribution is -0.129. The van der Waals surface area contributed by atoms with Gasteiger partial charge in [-0.2, -0.15) is 5.10 Å². The van der Waals surface area contributed by atoms with E-state index in [0.717, 1.165) is 23.3 Å². The molecule has 4 bridgehead atoms. The number of hydrogen-bond acceptors (Lipinski definition) is 5. The highest BCUT2D eigenvalue weighted by molar-refractivity contribution is 5.84. The molecule has 1 aliphatic heterocycles. The minimum absolute atomic E-state index is 0.0303. The summed E-state index contributed by atoms with van der Waals surface area (Å²) >= 11 is 0. The topological polar surface area (TPSA) is 69.2 Å². The summed E-state index contributed by atoms with van der Waals surface area (Å²) in [5.41, 5.74) is 3.77. The Hall–Kier alpha value is -2.24. The molecule has 0 unspecified atom stereocenters. The number of nitrogens with zero attached hydrogens (tertiary/aromatic N) is 1. The number of ether oxygens (including phenoxy) is 3. The second kappa shape index (κ2) is 6.98. The highest BCUT2D eigenvalue weighted by Crippen LogP contribution is 2.61. The van der Waals surface area contributed by atoms with E-state index in [9.17, 15) is 4.79 Å². The maximum Gasteiger partial charge on any atom is 0.240 e. The van der Waals surface area contributed by atoms with Crippen LogP contribution in [-0.4, -0.2) is 32.4 Å². The lowest BCUT2D eigenvalue weighted by Crippen LogP contribution is -2.47. The van der Waals surface area contributed by atoms with Gasteiger partial charge >= 0.3 is 0 Å². The molecule has 4 aliphatic carbocycles.